The number of methoxy groups -OCH3 is 2. The fraction of sp³-hybridized carbons (Fsp3) is 0.308. The van der Waals surface area contributed by atoms with Crippen LogP contribution in [0, 0.1) is 5.41 Å². The van der Waals surface area contributed by atoms with Crippen LogP contribution in [0.5, 0.6) is 11.5 Å². The van der Waals surface area contributed by atoms with Crippen LogP contribution >= 0.6 is 0 Å². The number of tetrazole rings is 1. The molecule has 1 aliphatic rings. The van der Waals surface area contributed by atoms with Gasteiger partial charge in [-0.3, -0.25) is 5.41 Å². The first-order chi connectivity index (χ1) is 26.9. The van der Waals surface area contributed by atoms with Gasteiger partial charge in [0, 0.05) is 25.2 Å². The lowest BCUT2D eigenvalue weighted by Crippen LogP contribution is -2.61. The number of sulfonamides is 1. The van der Waals surface area contributed by atoms with Crippen molar-refractivity contribution in [1.82, 2.24) is 35.1 Å². The van der Waals surface area contributed by atoms with E-state index < -0.39 is 43.9 Å². The van der Waals surface area contributed by atoms with Gasteiger partial charge in [0.1, 0.15) is 27.8 Å². The minimum atomic E-state index is -5.10. The first-order valence-corrected chi connectivity index (χ1v) is 19.1. The molecule has 300 valence electrons. The normalized spacial score (nSPS) is 13.5. The highest BCUT2D eigenvalue weighted by molar-refractivity contribution is 7.89. The Morgan fingerprint density at radius 1 is 0.877 bits per heavy atom. The molecule has 14 nitrogen and oxygen atoms in total. The van der Waals surface area contributed by atoms with Crippen molar-refractivity contribution in [3.63, 3.8) is 0 Å². The molecule has 18 heteroatoms. The molecule has 1 aromatic heterocycles. The van der Waals surface area contributed by atoms with Crippen LogP contribution in [0.4, 0.5) is 18.0 Å². The Morgan fingerprint density at radius 2 is 1.47 bits per heavy atom. The van der Waals surface area contributed by atoms with Crippen molar-refractivity contribution in [3.05, 3.63) is 107 Å². The van der Waals surface area contributed by atoms with E-state index in [4.69, 9.17) is 19.6 Å². The SMILES string of the molecule is COc1ccc(CNS(=O)(=O)c2c(C(F)(F)F)ccc(-c3ccc(C(=N)NC4CN(C(=O)OC(C)(C)C)C4)cc3)c2-c2nnn(Cc3ccc(OC)cc3)n2)cc1. The number of nitrogens with zero attached hydrogens (tertiary/aromatic N) is 5. The third-order valence-corrected chi connectivity index (χ3v) is 10.4. The van der Waals surface area contributed by atoms with Crippen LogP contribution < -0.4 is 19.5 Å². The molecule has 0 aliphatic carbocycles. The lowest BCUT2D eigenvalue weighted by Gasteiger charge is -2.40. The molecule has 1 aliphatic heterocycles. The second-order valence-electron chi connectivity index (χ2n) is 14.2. The minimum absolute atomic E-state index is 0.0529. The van der Waals surface area contributed by atoms with Crippen LogP contribution in [0.3, 0.4) is 0 Å². The number of hydrogen-bond acceptors (Lipinski definition) is 10. The summed E-state index contributed by atoms with van der Waals surface area (Å²) in [5.74, 6) is 0.829. The van der Waals surface area contributed by atoms with E-state index in [0.29, 0.717) is 47.3 Å². The highest BCUT2D eigenvalue weighted by Gasteiger charge is 2.41. The zero-order chi connectivity index (χ0) is 41.1. The minimum Gasteiger partial charge on any atom is -0.497 e. The van der Waals surface area contributed by atoms with Crippen molar-refractivity contribution >= 4 is 22.0 Å². The van der Waals surface area contributed by atoms with E-state index in [1.807, 2.05) is 0 Å². The van der Waals surface area contributed by atoms with Gasteiger partial charge in [-0.1, -0.05) is 54.6 Å². The van der Waals surface area contributed by atoms with Gasteiger partial charge in [0.25, 0.3) is 0 Å². The van der Waals surface area contributed by atoms with E-state index in [2.05, 4.69) is 25.4 Å². The Balaban J connectivity index is 1.35. The summed E-state index contributed by atoms with van der Waals surface area (Å²) in [5.41, 5.74) is -0.420. The second-order valence-corrected chi connectivity index (χ2v) is 15.9. The molecule has 0 bridgehead atoms. The lowest BCUT2D eigenvalue weighted by molar-refractivity contribution is -0.139. The summed E-state index contributed by atoms with van der Waals surface area (Å²) in [6.45, 7) is 5.74. The van der Waals surface area contributed by atoms with E-state index in [0.717, 1.165) is 10.4 Å². The van der Waals surface area contributed by atoms with Gasteiger partial charge in [-0.05, 0) is 78.6 Å². The molecule has 2 heterocycles. The maximum atomic E-state index is 14.8. The number of likely N-dealkylation sites (tertiary alicyclic amines) is 1. The number of ether oxygens (including phenoxy) is 3. The molecular weight excluding hydrogens is 766 g/mol. The molecule has 0 saturated carbocycles. The number of nitrogens with one attached hydrogen (secondary N) is 3. The van der Waals surface area contributed by atoms with Crippen molar-refractivity contribution < 1.29 is 40.6 Å². The second kappa shape index (κ2) is 16.2. The van der Waals surface area contributed by atoms with Crippen LogP contribution in [0.2, 0.25) is 0 Å². The molecule has 57 heavy (non-hydrogen) atoms. The van der Waals surface area contributed by atoms with Crippen molar-refractivity contribution in [2.45, 2.75) is 56.6 Å². The third kappa shape index (κ3) is 9.69. The Kier molecular flexibility index (Phi) is 11.6. The molecule has 0 radical (unpaired) electrons. The van der Waals surface area contributed by atoms with Gasteiger partial charge in [0.15, 0.2) is 0 Å². The maximum absolute atomic E-state index is 14.8. The van der Waals surface area contributed by atoms with Crippen LogP contribution in [0.15, 0.2) is 89.8 Å². The van der Waals surface area contributed by atoms with E-state index in [9.17, 15) is 26.4 Å². The van der Waals surface area contributed by atoms with Crippen LogP contribution in [-0.4, -0.2) is 84.4 Å². The van der Waals surface area contributed by atoms with Crippen LogP contribution in [-0.2, 0) is 34.0 Å². The number of carbonyl (C=O) groups excluding carboxylic acids is 1. The van der Waals surface area contributed by atoms with Crippen LogP contribution in [0.1, 0.15) is 43.0 Å². The Labute approximate surface area is 327 Å². The highest BCUT2D eigenvalue weighted by atomic mass is 32.2. The van der Waals surface area contributed by atoms with Gasteiger partial charge in [0.05, 0.1) is 37.9 Å². The van der Waals surface area contributed by atoms with Gasteiger partial charge >= 0.3 is 12.3 Å². The molecule has 6 rings (SSSR count). The number of benzene rings is 4. The topological polar surface area (TPSA) is 174 Å². The smallest absolute Gasteiger partial charge is 0.417 e. The molecule has 1 saturated heterocycles. The van der Waals surface area contributed by atoms with Crippen molar-refractivity contribution in [2.24, 2.45) is 0 Å². The number of amides is 1. The average molecular weight is 807 g/mol. The summed E-state index contributed by atoms with van der Waals surface area (Å²) in [4.78, 5) is 13.9. The predicted molar refractivity (Wildman–Crippen MR) is 204 cm³/mol. The summed E-state index contributed by atoms with van der Waals surface area (Å²) in [7, 11) is -1.93. The van der Waals surface area contributed by atoms with Crippen molar-refractivity contribution in [3.8, 4) is 34.0 Å². The van der Waals surface area contributed by atoms with E-state index in [1.54, 1.807) is 93.6 Å². The molecule has 0 unspecified atom stereocenters. The summed E-state index contributed by atoms with van der Waals surface area (Å²) < 4.78 is 90.7. The lowest BCUT2D eigenvalue weighted by atomic mass is 9.95. The molecular formula is C39H41F3N8O6S. The standard InChI is InChI=1S/C39H41F3N8O6S/c1-38(2,3)56-37(51)49-22-28(23-49)45-35(43)27-12-10-26(11-13-27)31-18-19-32(39(40,41)42)34(57(52,53)44-20-24-6-14-29(54-4)15-7-24)33(31)36-46-48-50(47-36)21-25-8-16-30(55-5)17-9-25/h6-19,28,44H,20-23H2,1-5H3,(H2,43,45). The third-order valence-electron chi connectivity index (χ3n) is 8.88. The molecule has 4 aromatic carbocycles. The Hall–Kier alpha value is -6.01. The molecule has 5 aromatic rings. The van der Waals surface area contributed by atoms with E-state index in [1.165, 1.54) is 25.2 Å². The summed E-state index contributed by atoms with van der Waals surface area (Å²) >= 11 is 0. The Bertz CT molecular complexity index is 2340. The maximum Gasteiger partial charge on any atom is 0.417 e. The Morgan fingerprint density at radius 3 is 2.04 bits per heavy atom. The average Bonchev–Trinajstić information content (AvgIpc) is 3.62. The van der Waals surface area contributed by atoms with Gasteiger partial charge in [0.2, 0.25) is 15.8 Å². The largest absolute Gasteiger partial charge is 0.497 e. The van der Waals surface area contributed by atoms with Gasteiger partial charge in [-0.25, -0.2) is 17.9 Å². The first kappa shape index (κ1) is 40.6. The molecule has 0 spiro atoms. The summed E-state index contributed by atoms with van der Waals surface area (Å²) in [5, 5.41) is 24.2. The van der Waals surface area contributed by atoms with Crippen molar-refractivity contribution in [1.29, 1.82) is 5.41 Å². The predicted octanol–water partition coefficient (Wildman–Crippen LogP) is 6.10. The quantitative estimate of drug-likeness (QED) is 0.0988. The highest BCUT2D eigenvalue weighted by Crippen LogP contribution is 2.43. The van der Waals surface area contributed by atoms with Gasteiger partial charge in [-0.2, -0.15) is 18.0 Å². The number of rotatable bonds is 12. The number of carbonyl (C=O) groups is 1. The number of alkyl halides is 3. The fourth-order valence-corrected chi connectivity index (χ4v) is 7.44. The molecule has 1 amide bonds. The number of amidine groups is 1. The zero-order valence-electron chi connectivity index (χ0n) is 31.7. The van der Waals surface area contributed by atoms with Gasteiger partial charge < -0.3 is 24.4 Å². The summed E-state index contributed by atoms with van der Waals surface area (Å²) in [6, 6.07) is 21.3. The number of hydrogen-bond donors (Lipinski definition) is 3. The molecule has 1 fully saturated rings. The number of aromatic nitrogens is 4. The molecule has 0 atom stereocenters. The zero-order valence-corrected chi connectivity index (χ0v) is 32.5. The monoisotopic (exact) mass is 806 g/mol. The van der Waals surface area contributed by atoms with Crippen molar-refractivity contribution in [2.75, 3.05) is 27.3 Å². The number of halogens is 3. The first-order valence-electron chi connectivity index (χ1n) is 17.7. The van der Waals surface area contributed by atoms with Gasteiger partial charge in [-0.15, -0.1) is 10.2 Å². The van der Waals surface area contributed by atoms with Crippen LogP contribution in [0.25, 0.3) is 22.5 Å². The van der Waals surface area contributed by atoms with E-state index >= 15 is 0 Å². The fourth-order valence-electron chi connectivity index (χ4n) is 6.00. The summed E-state index contributed by atoms with van der Waals surface area (Å²) in [6.07, 6.45) is -5.54. The van der Waals surface area contributed by atoms with E-state index in [-0.39, 0.29) is 36.4 Å². The molecule has 3 N–H and O–H groups in total.